The Kier molecular flexibility index (Phi) is 5.53. The van der Waals surface area contributed by atoms with Crippen LogP contribution in [0.3, 0.4) is 0 Å². The first-order valence-corrected chi connectivity index (χ1v) is 6.64. The van der Waals surface area contributed by atoms with Gasteiger partial charge in [-0.05, 0) is 18.6 Å². The van der Waals surface area contributed by atoms with Gasteiger partial charge in [0.1, 0.15) is 12.3 Å². The fourth-order valence-corrected chi connectivity index (χ4v) is 1.87. The van der Waals surface area contributed by atoms with Gasteiger partial charge in [-0.25, -0.2) is 4.79 Å². The molecular formula is C14H18N2O5. The first-order valence-electron chi connectivity index (χ1n) is 6.64. The van der Waals surface area contributed by atoms with E-state index in [0.717, 1.165) is 6.42 Å². The van der Waals surface area contributed by atoms with Gasteiger partial charge in [-0.2, -0.15) is 4.98 Å². The summed E-state index contributed by atoms with van der Waals surface area (Å²) in [7, 11) is 1.64. The standard InChI is InChI=1S/C14H18N2O5/c1-19-7-4-8-20-9-10-21-13-12(14(17)18)16-6-3-2-5-11(16)15-13/h2-3,5-6H,4,7-10H2,1H3,(H,17,18). The Bertz CT molecular complexity index is 596. The molecular weight excluding hydrogens is 276 g/mol. The van der Waals surface area contributed by atoms with Crippen LogP contribution in [0.25, 0.3) is 5.65 Å². The maximum absolute atomic E-state index is 11.3. The minimum Gasteiger partial charge on any atom is -0.476 e. The number of hydrogen-bond acceptors (Lipinski definition) is 5. The number of aromatic carboxylic acids is 1. The predicted octanol–water partition coefficient (Wildman–Crippen LogP) is 1.46. The lowest BCUT2D eigenvalue weighted by Gasteiger charge is -2.05. The van der Waals surface area contributed by atoms with Crippen LogP contribution in [0.2, 0.25) is 0 Å². The van der Waals surface area contributed by atoms with Crippen molar-refractivity contribution in [2.75, 3.05) is 33.5 Å². The molecule has 0 amide bonds. The van der Waals surface area contributed by atoms with E-state index in [1.54, 1.807) is 31.5 Å². The average molecular weight is 294 g/mol. The molecule has 21 heavy (non-hydrogen) atoms. The van der Waals surface area contributed by atoms with E-state index in [9.17, 15) is 9.90 Å². The van der Waals surface area contributed by atoms with Crippen molar-refractivity contribution < 1.29 is 24.1 Å². The molecule has 2 heterocycles. The number of ether oxygens (including phenoxy) is 3. The highest BCUT2D eigenvalue weighted by molar-refractivity contribution is 5.89. The van der Waals surface area contributed by atoms with Gasteiger partial charge in [0.25, 0.3) is 0 Å². The van der Waals surface area contributed by atoms with Crippen molar-refractivity contribution >= 4 is 11.6 Å². The van der Waals surface area contributed by atoms with E-state index in [4.69, 9.17) is 14.2 Å². The molecule has 0 fully saturated rings. The van der Waals surface area contributed by atoms with Crippen LogP contribution in [0.15, 0.2) is 24.4 Å². The quantitative estimate of drug-likeness (QED) is 0.705. The molecule has 0 atom stereocenters. The first kappa shape index (κ1) is 15.3. The van der Waals surface area contributed by atoms with Crippen LogP contribution in [0.1, 0.15) is 16.9 Å². The molecule has 2 aromatic heterocycles. The molecule has 0 aliphatic rings. The predicted molar refractivity (Wildman–Crippen MR) is 75.0 cm³/mol. The zero-order valence-corrected chi connectivity index (χ0v) is 11.8. The highest BCUT2D eigenvalue weighted by Crippen LogP contribution is 2.19. The van der Waals surface area contributed by atoms with E-state index < -0.39 is 5.97 Å². The maximum Gasteiger partial charge on any atom is 0.358 e. The van der Waals surface area contributed by atoms with E-state index >= 15 is 0 Å². The Morgan fingerprint density at radius 2 is 2.14 bits per heavy atom. The van der Waals surface area contributed by atoms with Crippen LogP contribution in [0, 0.1) is 0 Å². The van der Waals surface area contributed by atoms with Crippen LogP contribution in [-0.2, 0) is 9.47 Å². The number of rotatable bonds is 9. The number of methoxy groups -OCH3 is 1. The summed E-state index contributed by atoms with van der Waals surface area (Å²) >= 11 is 0. The summed E-state index contributed by atoms with van der Waals surface area (Å²) in [5.41, 5.74) is 0.552. The Balaban J connectivity index is 1.92. The molecule has 0 spiro atoms. The summed E-state index contributed by atoms with van der Waals surface area (Å²) in [5, 5.41) is 9.27. The fourth-order valence-electron chi connectivity index (χ4n) is 1.87. The lowest BCUT2D eigenvalue weighted by Crippen LogP contribution is -2.11. The summed E-state index contributed by atoms with van der Waals surface area (Å²) in [6.45, 7) is 1.85. The molecule has 0 saturated carbocycles. The molecule has 2 rings (SSSR count). The number of hydrogen-bond donors (Lipinski definition) is 1. The topological polar surface area (TPSA) is 82.3 Å². The van der Waals surface area contributed by atoms with Gasteiger partial charge in [-0.3, -0.25) is 4.40 Å². The number of nitrogens with zero attached hydrogens (tertiary/aromatic N) is 2. The van der Waals surface area contributed by atoms with Gasteiger partial charge < -0.3 is 19.3 Å². The van der Waals surface area contributed by atoms with Gasteiger partial charge in [0.05, 0.1) is 6.61 Å². The van der Waals surface area contributed by atoms with Crippen molar-refractivity contribution in [3.05, 3.63) is 30.1 Å². The van der Waals surface area contributed by atoms with Gasteiger partial charge >= 0.3 is 5.97 Å². The van der Waals surface area contributed by atoms with Gasteiger partial charge in [0, 0.05) is 26.5 Å². The monoisotopic (exact) mass is 294 g/mol. The summed E-state index contributed by atoms with van der Waals surface area (Å²) < 4.78 is 17.2. The molecule has 114 valence electrons. The number of pyridine rings is 1. The van der Waals surface area contributed by atoms with Gasteiger partial charge in [-0.15, -0.1) is 0 Å². The van der Waals surface area contributed by atoms with Crippen LogP contribution in [0.5, 0.6) is 5.88 Å². The SMILES string of the molecule is COCCCOCCOc1nc2ccccn2c1C(=O)O. The Hall–Kier alpha value is -2.12. The minimum atomic E-state index is -1.08. The lowest BCUT2D eigenvalue weighted by molar-refractivity contribution is 0.0667. The van der Waals surface area contributed by atoms with Gasteiger partial charge in [0.15, 0.2) is 5.69 Å². The number of imidazole rings is 1. The summed E-state index contributed by atoms with van der Waals surface area (Å²) in [6.07, 6.45) is 2.45. The number of carboxylic acids is 1. The van der Waals surface area contributed by atoms with Crippen molar-refractivity contribution in [1.29, 1.82) is 0 Å². The minimum absolute atomic E-state index is 0.0185. The second-order valence-electron chi connectivity index (χ2n) is 4.31. The number of aromatic nitrogens is 2. The van der Waals surface area contributed by atoms with E-state index in [1.807, 2.05) is 0 Å². The van der Waals surface area contributed by atoms with Crippen LogP contribution < -0.4 is 4.74 Å². The van der Waals surface area contributed by atoms with E-state index in [2.05, 4.69) is 4.98 Å². The molecule has 0 saturated heterocycles. The zero-order chi connectivity index (χ0) is 15.1. The molecule has 0 radical (unpaired) electrons. The van der Waals surface area contributed by atoms with Gasteiger partial charge in [0.2, 0.25) is 5.88 Å². The van der Waals surface area contributed by atoms with Crippen molar-refractivity contribution in [2.45, 2.75) is 6.42 Å². The van der Waals surface area contributed by atoms with E-state index in [1.165, 1.54) is 4.40 Å². The number of fused-ring (bicyclic) bond motifs is 1. The molecule has 0 bridgehead atoms. The molecule has 1 N–H and O–H groups in total. The summed E-state index contributed by atoms with van der Waals surface area (Å²) in [5.74, 6) is -0.973. The summed E-state index contributed by atoms with van der Waals surface area (Å²) in [6, 6.07) is 5.25. The van der Waals surface area contributed by atoms with Crippen molar-refractivity contribution in [3.8, 4) is 5.88 Å². The zero-order valence-electron chi connectivity index (χ0n) is 11.8. The third kappa shape index (κ3) is 3.93. The molecule has 2 aromatic rings. The Morgan fingerprint density at radius 1 is 1.29 bits per heavy atom. The molecule has 0 aliphatic heterocycles. The maximum atomic E-state index is 11.3. The smallest absolute Gasteiger partial charge is 0.358 e. The van der Waals surface area contributed by atoms with Crippen molar-refractivity contribution in [1.82, 2.24) is 9.38 Å². The normalized spacial score (nSPS) is 10.9. The Labute approximate surface area is 122 Å². The molecule has 7 heteroatoms. The lowest BCUT2D eigenvalue weighted by atomic mass is 10.4. The molecule has 0 unspecified atom stereocenters. The number of carboxylic acid groups (broad SMARTS) is 1. The number of carbonyl (C=O) groups is 1. The Morgan fingerprint density at radius 3 is 2.90 bits per heavy atom. The van der Waals surface area contributed by atoms with E-state index in [0.29, 0.717) is 25.5 Å². The van der Waals surface area contributed by atoms with E-state index in [-0.39, 0.29) is 18.2 Å². The summed E-state index contributed by atoms with van der Waals surface area (Å²) in [4.78, 5) is 15.5. The average Bonchev–Trinajstić information content (AvgIpc) is 2.84. The molecule has 7 nitrogen and oxygen atoms in total. The van der Waals surface area contributed by atoms with Crippen LogP contribution in [-0.4, -0.2) is 54.0 Å². The molecule has 0 aromatic carbocycles. The van der Waals surface area contributed by atoms with Gasteiger partial charge in [-0.1, -0.05) is 6.07 Å². The third-order valence-electron chi connectivity index (χ3n) is 2.80. The van der Waals surface area contributed by atoms with Crippen LogP contribution >= 0.6 is 0 Å². The largest absolute Gasteiger partial charge is 0.476 e. The fraction of sp³-hybridized carbons (Fsp3) is 0.429. The molecule has 0 aliphatic carbocycles. The van der Waals surface area contributed by atoms with Crippen molar-refractivity contribution in [2.24, 2.45) is 0 Å². The highest BCUT2D eigenvalue weighted by atomic mass is 16.5. The second-order valence-corrected chi connectivity index (χ2v) is 4.31. The highest BCUT2D eigenvalue weighted by Gasteiger charge is 2.19. The van der Waals surface area contributed by atoms with Crippen molar-refractivity contribution in [3.63, 3.8) is 0 Å². The first-order chi connectivity index (χ1) is 10.2. The third-order valence-corrected chi connectivity index (χ3v) is 2.80. The van der Waals surface area contributed by atoms with Crippen LogP contribution in [0.4, 0.5) is 0 Å². The second kappa shape index (κ2) is 7.61.